The van der Waals surface area contributed by atoms with E-state index in [0.29, 0.717) is 5.69 Å². The molecule has 0 bridgehead atoms. The minimum atomic E-state index is -4.84. The van der Waals surface area contributed by atoms with E-state index in [1.165, 1.54) is 6.20 Å². The van der Waals surface area contributed by atoms with E-state index in [1.807, 2.05) is 0 Å². The van der Waals surface area contributed by atoms with E-state index in [0.717, 1.165) is 4.68 Å². The molecule has 0 amide bonds. The number of hydrogen-bond acceptors (Lipinski definition) is 1. The molecule has 0 aromatic carbocycles. The van der Waals surface area contributed by atoms with Crippen molar-refractivity contribution in [3.05, 3.63) is 16.9 Å². The van der Waals surface area contributed by atoms with Gasteiger partial charge in [-0.15, -0.1) is 0 Å². The molecule has 1 heterocycles. The first-order chi connectivity index (χ1) is 5.38. The summed E-state index contributed by atoms with van der Waals surface area (Å²) in [5, 5.41) is 3.84. The van der Waals surface area contributed by atoms with Crippen molar-refractivity contribution < 1.29 is 64.3 Å². The standard InChI is InChI=1S/C5H6BClF3N2.K/c1-4-5(7)2-12(11-4)3-6(8,9)10;/h2H,3H2,1H3;/q-1;+1. The number of rotatable bonds is 2. The van der Waals surface area contributed by atoms with E-state index in [9.17, 15) is 12.9 Å². The maximum Gasteiger partial charge on any atom is 1.00 e. The molecular weight excluding hydrogens is 230 g/mol. The van der Waals surface area contributed by atoms with Crippen LogP contribution in [0.25, 0.3) is 0 Å². The Bertz CT molecular complexity index is 268. The van der Waals surface area contributed by atoms with Crippen LogP contribution in [0.5, 0.6) is 0 Å². The van der Waals surface area contributed by atoms with Crippen molar-refractivity contribution in [1.29, 1.82) is 0 Å². The summed E-state index contributed by atoms with van der Waals surface area (Å²) >= 11 is 5.51. The summed E-state index contributed by atoms with van der Waals surface area (Å²) in [6, 6.07) is 0. The Labute approximate surface area is 121 Å². The van der Waals surface area contributed by atoms with Crippen LogP contribution in [-0.4, -0.2) is 16.8 Å². The van der Waals surface area contributed by atoms with Gasteiger partial charge in [0.2, 0.25) is 0 Å². The molecule has 13 heavy (non-hydrogen) atoms. The number of aromatic nitrogens is 2. The van der Waals surface area contributed by atoms with Crippen LogP contribution in [0.1, 0.15) is 5.69 Å². The van der Waals surface area contributed by atoms with Crippen LogP contribution in [0.2, 0.25) is 5.02 Å². The van der Waals surface area contributed by atoms with Gasteiger partial charge in [-0.05, 0) is 6.92 Å². The van der Waals surface area contributed by atoms with Crippen molar-refractivity contribution in [1.82, 2.24) is 9.78 Å². The van der Waals surface area contributed by atoms with Crippen molar-refractivity contribution >= 4 is 18.6 Å². The summed E-state index contributed by atoms with van der Waals surface area (Å²) in [6.45, 7) is -3.28. The molecule has 68 valence electrons. The Hall–Kier alpha value is 0.991. The summed E-state index contributed by atoms with van der Waals surface area (Å²) in [6.07, 6.45) is 0.139. The van der Waals surface area contributed by atoms with Gasteiger partial charge in [0.1, 0.15) is 0 Å². The Morgan fingerprint density at radius 3 is 2.38 bits per heavy atom. The zero-order valence-electron chi connectivity index (χ0n) is 7.27. The van der Waals surface area contributed by atoms with Crippen molar-refractivity contribution in [3.8, 4) is 0 Å². The number of halogens is 4. The van der Waals surface area contributed by atoms with E-state index < -0.39 is 13.4 Å². The molecule has 0 aliphatic carbocycles. The van der Waals surface area contributed by atoms with Crippen molar-refractivity contribution in [3.63, 3.8) is 0 Å². The average molecular weight is 236 g/mol. The van der Waals surface area contributed by atoms with Gasteiger partial charge in [-0.2, -0.15) is 5.10 Å². The Morgan fingerprint density at radius 2 is 2.08 bits per heavy atom. The third-order valence-electron chi connectivity index (χ3n) is 1.28. The molecule has 1 rings (SSSR count). The maximum absolute atomic E-state index is 11.8. The molecule has 0 unspecified atom stereocenters. The summed E-state index contributed by atoms with van der Waals surface area (Å²) in [5.41, 5.74) is 0.414. The Morgan fingerprint density at radius 1 is 1.54 bits per heavy atom. The van der Waals surface area contributed by atoms with Gasteiger partial charge in [0.05, 0.1) is 10.7 Å². The molecule has 0 saturated heterocycles. The molecular formula is C5H6BClF3KN2. The smallest absolute Gasteiger partial charge is 0.448 e. The summed E-state index contributed by atoms with van der Waals surface area (Å²) < 4.78 is 36.3. The first-order valence-corrected chi connectivity index (χ1v) is 3.67. The van der Waals surface area contributed by atoms with Gasteiger partial charge in [-0.3, -0.25) is 4.68 Å². The molecule has 0 N–H and O–H groups in total. The molecule has 2 nitrogen and oxygen atoms in total. The number of hydrogen-bond donors (Lipinski definition) is 0. The van der Waals surface area contributed by atoms with Gasteiger partial charge in [-0.1, -0.05) is 11.6 Å². The van der Waals surface area contributed by atoms with E-state index in [2.05, 4.69) is 5.10 Å². The second-order valence-corrected chi connectivity index (χ2v) is 2.90. The van der Waals surface area contributed by atoms with Crippen molar-refractivity contribution in [2.24, 2.45) is 0 Å². The molecule has 1 aromatic rings. The summed E-state index contributed by atoms with van der Waals surface area (Å²) in [7, 11) is 0. The molecule has 0 aliphatic heterocycles. The molecule has 8 heteroatoms. The molecule has 0 saturated carbocycles. The molecule has 0 spiro atoms. The first-order valence-electron chi connectivity index (χ1n) is 3.29. The fourth-order valence-electron chi connectivity index (χ4n) is 0.799. The average Bonchev–Trinajstić information content (AvgIpc) is 2.07. The third kappa shape index (κ3) is 4.85. The van der Waals surface area contributed by atoms with Gasteiger partial charge >= 0.3 is 58.4 Å². The minimum Gasteiger partial charge on any atom is -0.448 e. The quantitative estimate of drug-likeness (QED) is 0.617. The van der Waals surface area contributed by atoms with Crippen LogP contribution in [0.15, 0.2) is 6.20 Å². The number of aryl methyl sites for hydroxylation is 1. The molecule has 0 radical (unpaired) electrons. The van der Waals surface area contributed by atoms with Gasteiger partial charge in [-0.25, -0.2) is 0 Å². The van der Waals surface area contributed by atoms with E-state index in [1.54, 1.807) is 6.92 Å². The molecule has 0 aliphatic rings. The zero-order chi connectivity index (χ0) is 9.35. The van der Waals surface area contributed by atoms with Crippen molar-refractivity contribution in [2.75, 3.05) is 0 Å². The van der Waals surface area contributed by atoms with E-state index >= 15 is 0 Å². The minimum absolute atomic E-state index is 0. The predicted octanol–water partition coefficient (Wildman–Crippen LogP) is -0.764. The van der Waals surface area contributed by atoms with Gasteiger partial charge in [0, 0.05) is 12.6 Å². The van der Waals surface area contributed by atoms with Crippen LogP contribution >= 0.6 is 11.6 Å². The second-order valence-electron chi connectivity index (χ2n) is 2.49. The van der Waals surface area contributed by atoms with Gasteiger partial charge in [0.25, 0.3) is 0 Å². The van der Waals surface area contributed by atoms with Gasteiger partial charge < -0.3 is 12.9 Å². The van der Waals surface area contributed by atoms with Crippen LogP contribution in [0.3, 0.4) is 0 Å². The second kappa shape index (κ2) is 5.18. The summed E-state index contributed by atoms with van der Waals surface area (Å²) in [5.74, 6) is 0. The van der Waals surface area contributed by atoms with Crippen LogP contribution < -0.4 is 51.4 Å². The zero-order valence-corrected chi connectivity index (χ0v) is 11.1. The normalized spacial score (nSPS) is 11.2. The van der Waals surface area contributed by atoms with Crippen LogP contribution in [0, 0.1) is 6.92 Å². The summed E-state index contributed by atoms with van der Waals surface area (Å²) in [4.78, 5) is 0. The van der Waals surface area contributed by atoms with Crippen molar-refractivity contribution in [2.45, 2.75) is 13.4 Å². The van der Waals surface area contributed by atoms with Gasteiger partial charge in [0.15, 0.2) is 0 Å². The SMILES string of the molecule is Cc1nn(C[B-](F)(F)F)cc1Cl.[K+]. The maximum atomic E-state index is 11.8. The first kappa shape index (κ1) is 14.0. The number of nitrogens with zero attached hydrogens (tertiary/aromatic N) is 2. The predicted molar refractivity (Wildman–Crippen MR) is 41.1 cm³/mol. The fourth-order valence-corrected chi connectivity index (χ4v) is 0.950. The Balaban J connectivity index is 0.00000144. The van der Waals surface area contributed by atoms with Crippen LogP contribution in [-0.2, 0) is 6.44 Å². The topological polar surface area (TPSA) is 17.8 Å². The molecule has 1 aromatic heterocycles. The molecule has 0 fully saturated rings. The molecule has 0 atom stereocenters. The van der Waals surface area contributed by atoms with E-state index in [-0.39, 0.29) is 56.4 Å². The fraction of sp³-hybridized carbons (Fsp3) is 0.400. The third-order valence-corrected chi connectivity index (χ3v) is 1.65. The Kier molecular flexibility index (Phi) is 5.57. The van der Waals surface area contributed by atoms with E-state index in [4.69, 9.17) is 11.6 Å². The largest absolute Gasteiger partial charge is 1.00 e. The monoisotopic (exact) mass is 236 g/mol. The van der Waals surface area contributed by atoms with Crippen LogP contribution in [0.4, 0.5) is 12.9 Å².